The molecule has 19 heavy (non-hydrogen) atoms. The molecule has 0 bridgehead atoms. The van der Waals surface area contributed by atoms with Crippen LogP contribution in [-0.2, 0) is 9.05 Å². The summed E-state index contributed by atoms with van der Waals surface area (Å²) in [4.78, 5) is 10.7. The Bertz CT molecular complexity index is 622. The van der Waals surface area contributed by atoms with Gasteiger partial charge in [0.05, 0.1) is 5.02 Å². The molecule has 0 radical (unpaired) electrons. The third-order valence-corrected chi connectivity index (χ3v) is 4.56. The molecule has 0 amide bonds. The number of benzene rings is 1. The van der Waals surface area contributed by atoms with Crippen LogP contribution in [0.2, 0.25) is 24.7 Å². The van der Waals surface area contributed by atoms with Crippen molar-refractivity contribution < 1.29 is 22.7 Å². The van der Waals surface area contributed by atoms with Crippen LogP contribution in [0.25, 0.3) is 0 Å². The maximum absolute atomic E-state index is 11.3. The minimum atomic E-state index is -4.12. The lowest BCUT2D eigenvalue weighted by atomic mass is 10.2. The maximum Gasteiger partial charge on any atom is 0.339 e. The molecule has 0 aromatic heterocycles. The van der Waals surface area contributed by atoms with Crippen LogP contribution in [0.5, 0.6) is 5.75 Å². The van der Waals surface area contributed by atoms with Crippen molar-refractivity contribution >= 4 is 45.6 Å². The van der Waals surface area contributed by atoms with Crippen LogP contribution in [-0.4, -0.2) is 27.8 Å². The number of halogens is 2. The Kier molecular flexibility index (Phi) is 4.56. The number of aromatic carboxylic acids is 1. The Labute approximate surface area is 121 Å². The molecule has 0 atom stereocenters. The monoisotopic (exact) mass is 342 g/mol. The zero-order valence-corrected chi connectivity index (χ0v) is 13.7. The Balaban J connectivity index is 3.51. The van der Waals surface area contributed by atoms with E-state index in [1.54, 1.807) is 0 Å². The molecule has 0 saturated carbocycles. The molecule has 9 heteroatoms. The highest BCUT2D eigenvalue weighted by Gasteiger charge is 2.25. The summed E-state index contributed by atoms with van der Waals surface area (Å²) in [5, 5.41) is 8.93. The molecule has 1 N–H and O–H groups in total. The molecule has 0 aliphatic heterocycles. The van der Waals surface area contributed by atoms with Crippen molar-refractivity contribution in [2.24, 2.45) is 0 Å². The Morgan fingerprint density at radius 3 is 2.21 bits per heavy atom. The lowest BCUT2D eigenvalue weighted by Gasteiger charge is -2.21. The van der Waals surface area contributed by atoms with Crippen LogP contribution < -0.4 is 4.43 Å². The predicted molar refractivity (Wildman–Crippen MR) is 75.4 cm³/mol. The first-order chi connectivity index (χ1) is 8.42. The van der Waals surface area contributed by atoms with Gasteiger partial charge < -0.3 is 9.53 Å². The van der Waals surface area contributed by atoms with E-state index in [-0.39, 0.29) is 16.3 Å². The second-order valence-corrected chi connectivity index (χ2v) is 12.1. The van der Waals surface area contributed by atoms with Gasteiger partial charge in [-0.25, -0.2) is 13.2 Å². The Hall–Kier alpha value is -0.763. The second kappa shape index (κ2) is 5.32. The van der Waals surface area contributed by atoms with Crippen LogP contribution in [0, 0.1) is 0 Å². The summed E-state index contributed by atoms with van der Waals surface area (Å²) in [5.74, 6) is -1.27. The first-order valence-corrected chi connectivity index (χ1v) is 11.2. The normalized spacial score (nSPS) is 12.3. The fourth-order valence-corrected chi connectivity index (χ4v) is 3.64. The van der Waals surface area contributed by atoms with Crippen LogP contribution >= 0.6 is 22.3 Å². The van der Waals surface area contributed by atoms with E-state index in [0.29, 0.717) is 0 Å². The van der Waals surface area contributed by atoms with Crippen molar-refractivity contribution in [3.63, 3.8) is 0 Å². The van der Waals surface area contributed by atoms with Crippen LogP contribution in [0.1, 0.15) is 10.4 Å². The zero-order chi connectivity index (χ0) is 15.0. The maximum atomic E-state index is 11.3. The highest BCUT2D eigenvalue weighted by atomic mass is 35.7. The van der Waals surface area contributed by atoms with E-state index in [1.165, 1.54) is 6.07 Å². The lowest BCUT2D eigenvalue weighted by Crippen LogP contribution is -2.30. The van der Waals surface area contributed by atoms with E-state index < -0.39 is 28.2 Å². The molecule has 0 saturated heterocycles. The number of carboxylic acids is 1. The molecule has 0 fully saturated rings. The minimum absolute atomic E-state index is 0.0423. The summed E-state index contributed by atoms with van der Waals surface area (Å²) in [6.45, 7) is 5.58. The van der Waals surface area contributed by atoms with Crippen molar-refractivity contribution in [3.8, 4) is 5.75 Å². The molecule has 1 aromatic carbocycles. The molecule has 0 heterocycles. The van der Waals surface area contributed by atoms with Gasteiger partial charge in [-0.15, -0.1) is 0 Å². The molecule has 5 nitrogen and oxygen atoms in total. The minimum Gasteiger partial charge on any atom is -0.544 e. The fourth-order valence-electron chi connectivity index (χ4n) is 1.30. The largest absolute Gasteiger partial charge is 0.544 e. The average molecular weight is 343 g/mol. The van der Waals surface area contributed by atoms with E-state index in [1.807, 2.05) is 19.6 Å². The molecule has 106 valence electrons. The quantitative estimate of drug-likeness (QED) is 0.671. The van der Waals surface area contributed by atoms with E-state index in [9.17, 15) is 13.2 Å². The van der Waals surface area contributed by atoms with Crippen molar-refractivity contribution in [1.82, 2.24) is 0 Å². The number of hydrogen-bond acceptors (Lipinski definition) is 4. The van der Waals surface area contributed by atoms with Gasteiger partial charge in [0.2, 0.25) is 8.32 Å². The third-order valence-electron chi connectivity index (χ3n) is 1.94. The summed E-state index contributed by atoms with van der Waals surface area (Å²) >= 11 is 5.80. The zero-order valence-electron chi connectivity index (χ0n) is 10.4. The molecular weight excluding hydrogens is 331 g/mol. The summed E-state index contributed by atoms with van der Waals surface area (Å²) in [5.41, 5.74) is -0.286. The third kappa shape index (κ3) is 4.38. The topological polar surface area (TPSA) is 80.7 Å². The molecule has 0 aliphatic rings. The summed E-state index contributed by atoms with van der Waals surface area (Å²) in [6, 6.07) is 2.07. The van der Waals surface area contributed by atoms with Gasteiger partial charge in [0.25, 0.3) is 9.05 Å². The van der Waals surface area contributed by atoms with Crippen molar-refractivity contribution in [2.75, 3.05) is 0 Å². The van der Waals surface area contributed by atoms with Crippen LogP contribution in [0.3, 0.4) is 0 Å². The van der Waals surface area contributed by atoms with Crippen molar-refractivity contribution in [3.05, 3.63) is 22.7 Å². The summed E-state index contributed by atoms with van der Waals surface area (Å²) in [6.07, 6.45) is 0. The summed E-state index contributed by atoms with van der Waals surface area (Å²) in [7, 11) is -0.995. The Morgan fingerprint density at radius 1 is 1.32 bits per heavy atom. The number of hydrogen-bond donors (Lipinski definition) is 1. The van der Waals surface area contributed by atoms with Gasteiger partial charge in [-0.2, -0.15) is 0 Å². The average Bonchev–Trinajstić information content (AvgIpc) is 2.11. The molecular formula is C10H12Cl2O5SSi. The van der Waals surface area contributed by atoms with Gasteiger partial charge in [-0.3, -0.25) is 0 Å². The molecule has 0 unspecified atom stereocenters. The highest BCUT2D eigenvalue weighted by Crippen LogP contribution is 2.33. The second-order valence-electron chi connectivity index (χ2n) is 4.74. The van der Waals surface area contributed by atoms with Gasteiger partial charge in [0, 0.05) is 10.7 Å². The van der Waals surface area contributed by atoms with E-state index in [0.717, 1.165) is 6.07 Å². The number of carboxylic acid groups (broad SMARTS) is 1. The van der Waals surface area contributed by atoms with Gasteiger partial charge in [0.15, 0.2) is 0 Å². The van der Waals surface area contributed by atoms with Gasteiger partial charge in [-0.1, -0.05) is 11.6 Å². The molecule has 0 spiro atoms. The predicted octanol–water partition coefficient (Wildman–Crippen LogP) is 3.18. The Morgan fingerprint density at radius 2 is 1.84 bits per heavy atom. The molecule has 1 aromatic rings. The molecule has 1 rings (SSSR count). The van der Waals surface area contributed by atoms with Crippen LogP contribution in [0.15, 0.2) is 17.0 Å². The number of rotatable bonds is 4. The van der Waals surface area contributed by atoms with Gasteiger partial charge in [-0.05, 0) is 31.8 Å². The smallest absolute Gasteiger partial charge is 0.339 e. The first kappa shape index (κ1) is 16.3. The first-order valence-electron chi connectivity index (χ1n) is 5.12. The van der Waals surface area contributed by atoms with Gasteiger partial charge >= 0.3 is 5.97 Å². The van der Waals surface area contributed by atoms with Gasteiger partial charge in [0.1, 0.15) is 16.2 Å². The van der Waals surface area contributed by atoms with E-state index >= 15 is 0 Å². The van der Waals surface area contributed by atoms with Crippen molar-refractivity contribution in [1.29, 1.82) is 0 Å². The van der Waals surface area contributed by atoms with Crippen LogP contribution in [0.4, 0.5) is 0 Å². The lowest BCUT2D eigenvalue weighted by molar-refractivity contribution is 0.0694. The fraction of sp³-hybridized carbons (Fsp3) is 0.300. The van der Waals surface area contributed by atoms with E-state index in [2.05, 4.69) is 0 Å². The SMILES string of the molecule is C[Si](C)(C)Oc1cc(Cl)c(S(=O)(=O)Cl)cc1C(=O)O. The molecule has 0 aliphatic carbocycles. The standard InChI is InChI=1S/C10H12Cl2O5SSi/c1-19(2,3)17-8-5-7(11)9(18(12,15)16)4-6(8)10(13)14/h4-5H,1-3H3,(H,13,14). The highest BCUT2D eigenvalue weighted by molar-refractivity contribution is 8.13. The summed E-state index contributed by atoms with van der Waals surface area (Å²) < 4.78 is 28.1. The number of carbonyl (C=O) groups is 1. The van der Waals surface area contributed by atoms with E-state index in [4.69, 9.17) is 31.8 Å². The van der Waals surface area contributed by atoms with Crippen molar-refractivity contribution in [2.45, 2.75) is 24.5 Å².